The van der Waals surface area contributed by atoms with Crippen LogP contribution in [-0.4, -0.2) is 0 Å². The topological polar surface area (TPSA) is 0 Å². The van der Waals surface area contributed by atoms with Gasteiger partial charge >= 0.3 is 0 Å². The number of hydrogen-bond acceptors (Lipinski definition) is 1. The summed E-state index contributed by atoms with van der Waals surface area (Å²) in [7, 11) is 0. The molecule has 0 N–H and O–H groups in total. The summed E-state index contributed by atoms with van der Waals surface area (Å²) < 4.78 is 1.45. The summed E-state index contributed by atoms with van der Waals surface area (Å²) in [5.74, 6) is 0. The first kappa shape index (κ1) is 20.5. The van der Waals surface area contributed by atoms with Gasteiger partial charge in [0.2, 0.25) is 0 Å². The minimum atomic E-state index is 0.149. The first-order valence-corrected chi connectivity index (χ1v) is 10.4. The van der Waals surface area contributed by atoms with Crippen molar-refractivity contribution in [3.63, 3.8) is 0 Å². The maximum Gasteiger partial charge on any atom is 0.0352 e. The molecule has 25 heavy (non-hydrogen) atoms. The van der Waals surface area contributed by atoms with Crippen LogP contribution in [0.3, 0.4) is 0 Å². The Morgan fingerprint density at radius 2 is 1.00 bits per heavy atom. The van der Waals surface area contributed by atoms with Gasteiger partial charge in [-0.3, -0.25) is 0 Å². The Bertz CT molecular complexity index is 763. The molecule has 0 fully saturated rings. The number of benzene rings is 1. The van der Waals surface area contributed by atoms with E-state index < -0.39 is 0 Å². The Hall–Kier alpha value is -0.820. The van der Waals surface area contributed by atoms with Crippen LogP contribution in [0, 0.1) is 0 Å². The van der Waals surface area contributed by atoms with Gasteiger partial charge in [-0.15, -0.1) is 11.3 Å². The molecule has 0 saturated heterocycles. The molecule has 0 atom stereocenters. The van der Waals surface area contributed by atoms with E-state index >= 15 is 0 Å². The van der Waals surface area contributed by atoms with Crippen LogP contribution >= 0.6 is 11.3 Å². The molecule has 0 aliphatic heterocycles. The Morgan fingerprint density at radius 1 is 0.560 bits per heavy atom. The highest BCUT2D eigenvalue weighted by Gasteiger charge is 2.32. The van der Waals surface area contributed by atoms with Gasteiger partial charge in [-0.25, -0.2) is 0 Å². The molecule has 1 heterocycles. The third-order valence-electron chi connectivity index (χ3n) is 4.88. The molecule has 0 aliphatic rings. The zero-order valence-electron chi connectivity index (χ0n) is 18.6. The third kappa shape index (κ3) is 3.97. The van der Waals surface area contributed by atoms with Crippen LogP contribution in [0.15, 0.2) is 12.1 Å². The number of rotatable bonds is 0. The standard InChI is InChI=1S/C24H38S/c1-21(2,3)16-13-15-18(14-17(16)22(4,5)6)25-20(24(10,11)12)19(15)23(7,8)9/h13-14H,1-12H3. The van der Waals surface area contributed by atoms with Crippen LogP contribution in [0.25, 0.3) is 10.1 Å². The van der Waals surface area contributed by atoms with Gasteiger partial charge in [0.1, 0.15) is 0 Å². The highest BCUT2D eigenvalue weighted by molar-refractivity contribution is 7.19. The summed E-state index contributed by atoms with van der Waals surface area (Å²) >= 11 is 2.01. The fourth-order valence-electron chi connectivity index (χ4n) is 3.66. The zero-order chi connectivity index (χ0) is 19.6. The average Bonchev–Trinajstić information content (AvgIpc) is 2.72. The lowest BCUT2D eigenvalue weighted by Crippen LogP contribution is -2.22. The Kier molecular flexibility index (Phi) is 4.79. The Morgan fingerprint density at radius 3 is 1.36 bits per heavy atom. The summed E-state index contributed by atoms with van der Waals surface area (Å²) in [5, 5.41) is 1.47. The van der Waals surface area contributed by atoms with Crippen LogP contribution < -0.4 is 0 Å². The van der Waals surface area contributed by atoms with E-state index in [9.17, 15) is 0 Å². The highest BCUT2D eigenvalue weighted by Crippen LogP contribution is 2.47. The normalized spacial score (nSPS) is 14.4. The summed E-state index contributed by atoms with van der Waals surface area (Å²) in [4.78, 5) is 1.54. The molecule has 0 saturated carbocycles. The molecular weight excluding hydrogens is 320 g/mol. The van der Waals surface area contributed by atoms with Gasteiger partial charge in [0.25, 0.3) is 0 Å². The van der Waals surface area contributed by atoms with E-state index in [1.165, 1.54) is 21.2 Å². The smallest absolute Gasteiger partial charge is 0.0352 e. The maximum absolute atomic E-state index is 2.52. The molecule has 140 valence electrons. The molecule has 0 aliphatic carbocycles. The van der Waals surface area contributed by atoms with Crippen molar-refractivity contribution in [3.05, 3.63) is 33.7 Å². The van der Waals surface area contributed by atoms with E-state index in [0.29, 0.717) is 0 Å². The molecular formula is C24H38S. The quantitative estimate of drug-likeness (QED) is 0.446. The van der Waals surface area contributed by atoms with Gasteiger partial charge in [-0.2, -0.15) is 0 Å². The summed E-state index contributed by atoms with van der Waals surface area (Å²) in [6.45, 7) is 28.2. The molecule has 0 amide bonds. The maximum atomic E-state index is 2.52. The number of thiophene rings is 1. The minimum Gasteiger partial charge on any atom is -0.139 e. The SMILES string of the molecule is CC(C)(C)c1cc2sc(C(C)(C)C)c(C(C)(C)C)c2cc1C(C)(C)C. The lowest BCUT2D eigenvalue weighted by molar-refractivity contribution is 0.530. The molecule has 0 unspecified atom stereocenters. The van der Waals surface area contributed by atoms with Crippen molar-refractivity contribution in [2.45, 2.75) is 105 Å². The van der Waals surface area contributed by atoms with E-state index in [2.05, 4.69) is 95.2 Å². The van der Waals surface area contributed by atoms with Crippen LogP contribution in [0.2, 0.25) is 0 Å². The number of fused-ring (bicyclic) bond motifs is 1. The average molecular weight is 359 g/mol. The van der Waals surface area contributed by atoms with Gasteiger partial charge < -0.3 is 0 Å². The van der Waals surface area contributed by atoms with Crippen LogP contribution in [0.1, 0.15) is 105 Å². The molecule has 2 rings (SSSR count). The lowest BCUT2D eigenvalue weighted by atomic mass is 9.73. The van der Waals surface area contributed by atoms with Crippen LogP contribution in [0.4, 0.5) is 0 Å². The first-order valence-electron chi connectivity index (χ1n) is 9.56. The minimum absolute atomic E-state index is 0.149. The van der Waals surface area contributed by atoms with Crippen molar-refractivity contribution in [2.24, 2.45) is 0 Å². The van der Waals surface area contributed by atoms with Gasteiger partial charge in [0, 0.05) is 9.58 Å². The third-order valence-corrected chi connectivity index (χ3v) is 6.45. The second kappa shape index (κ2) is 5.84. The van der Waals surface area contributed by atoms with Crippen molar-refractivity contribution in [1.29, 1.82) is 0 Å². The lowest BCUT2D eigenvalue weighted by Gasteiger charge is -2.31. The van der Waals surface area contributed by atoms with Crippen molar-refractivity contribution >= 4 is 21.4 Å². The fraction of sp³-hybridized carbons (Fsp3) is 0.667. The van der Waals surface area contributed by atoms with Gasteiger partial charge in [-0.1, -0.05) is 83.1 Å². The van der Waals surface area contributed by atoms with Crippen molar-refractivity contribution in [2.75, 3.05) is 0 Å². The van der Waals surface area contributed by atoms with Gasteiger partial charge in [0.15, 0.2) is 0 Å². The molecule has 1 aromatic carbocycles. The summed E-state index contributed by atoms with van der Waals surface area (Å²) in [5.41, 5.74) is 5.17. The van der Waals surface area contributed by atoms with E-state index in [1.807, 2.05) is 11.3 Å². The molecule has 0 bridgehead atoms. The van der Waals surface area contributed by atoms with Gasteiger partial charge in [-0.05, 0) is 55.9 Å². The Balaban J connectivity index is 3.01. The molecule has 2 aromatic rings. The molecule has 0 radical (unpaired) electrons. The van der Waals surface area contributed by atoms with E-state index in [4.69, 9.17) is 0 Å². The van der Waals surface area contributed by atoms with Crippen LogP contribution in [0.5, 0.6) is 0 Å². The predicted molar refractivity (Wildman–Crippen MR) is 117 cm³/mol. The van der Waals surface area contributed by atoms with E-state index in [-0.39, 0.29) is 21.7 Å². The molecule has 1 aromatic heterocycles. The summed E-state index contributed by atoms with van der Waals surface area (Å²) in [6.07, 6.45) is 0. The van der Waals surface area contributed by atoms with E-state index in [0.717, 1.165) is 0 Å². The predicted octanol–water partition coefficient (Wildman–Crippen LogP) is 8.09. The molecule has 0 nitrogen and oxygen atoms in total. The second-order valence-electron chi connectivity index (χ2n) is 11.7. The first-order chi connectivity index (χ1) is 10.9. The van der Waals surface area contributed by atoms with Crippen molar-refractivity contribution in [1.82, 2.24) is 0 Å². The molecule has 0 spiro atoms. The van der Waals surface area contributed by atoms with Gasteiger partial charge in [0.05, 0.1) is 0 Å². The second-order valence-corrected chi connectivity index (χ2v) is 12.8. The number of hydrogen-bond donors (Lipinski definition) is 0. The fourth-order valence-corrected chi connectivity index (χ4v) is 5.15. The summed E-state index contributed by atoms with van der Waals surface area (Å²) in [6, 6.07) is 5.01. The van der Waals surface area contributed by atoms with Crippen molar-refractivity contribution < 1.29 is 0 Å². The monoisotopic (exact) mass is 358 g/mol. The van der Waals surface area contributed by atoms with Crippen molar-refractivity contribution in [3.8, 4) is 0 Å². The largest absolute Gasteiger partial charge is 0.139 e. The van der Waals surface area contributed by atoms with E-state index in [1.54, 1.807) is 10.4 Å². The molecule has 1 heteroatoms. The zero-order valence-corrected chi connectivity index (χ0v) is 19.4. The highest BCUT2D eigenvalue weighted by atomic mass is 32.1. The van der Waals surface area contributed by atoms with Crippen LogP contribution in [-0.2, 0) is 21.7 Å². The Labute approximate surface area is 160 Å².